The monoisotopic (exact) mass is 701 g/mol. The molecule has 240 valence electrons. The highest BCUT2D eigenvalue weighted by atomic mass is 35.5. The van der Waals surface area contributed by atoms with Crippen molar-refractivity contribution in [2.24, 2.45) is 0 Å². The molecule has 0 saturated heterocycles. The first-order chi connectivity index (χ1) is 21.9. The molecular formula is C31H30Cl3N7O4S. The molecule has 46 heavy (non-hydrogen) atoms. The van der Waals surface area contributed by atoms with Gasteiger partial charge in [0.25, 0.3) is 0 Å². The van der Waals surface area contributed by atoms with Crippen molar-refractivity contribution in [3.05, 3.63) is 105 Å². The number of nitrogens with two attached hydrogens (primary N) is 2. The summed E-state index contributed by atoms with van der Waals surface area (Å²) in [5.41, 5.74) is 16.0. The Balaban J connectivity index is 0.000000240. The molecule has 0 amide bonds. The van der Waals surface area contributed by atoms with Gasteiger partial charge in [0.1, 0.15) is 11.0 Å². The van der Waals surface area contributed by atoms with Gasteiger partial charge in [-0.15, -0.1) is 0 Å². The van der Waals surface area contributed by atoms with Crippen molar-refractivity contribution in [3.8, 4) is 22.5 Å². The minimum Gasteiger partial charge on any atom is -0.392 e. The summed E-state index contributed by atoms with van der Waals surface area (Å²) in [7, 11) is -3.20. The van der Waals surface area contributed by atoms with Crippen LogP contribution in [0.1, 0.15) is 16.7 Å². The molecule has 2 aromatic heterocycles. The van der Waals surface area contributed by atoms with E-state index in [1.54, 1.807) is 66.7 Å². The van der Waals surface area contributed by atoms with Gasteiger partial charge in [-0.2, -0.15) is 4.98 Å². The zero-order valence-electron chi connectivity index (χ0n) is 24.5. The molecule has 0 bridgehead atoms. The lowest BCUT2D eigenvalue weighted by Gasteiger charge is -2.12. The number of rotatable bonds is 9. The maximum Gasteiger partial charge on any atom is 0.222 e. The van der Waals surface area contributed by atoms with Crippen LogP contribution < -0.4 is 16.8 Å². The fourth-order valence-electron chi connectivity index (χ4n) is 4.42. The maximum atomic E-state index is 11.5. The predicted octanol–water partition coefficient (Wildman–Crippen LogP) is 5.45. The topological polar surface area (TPSA) is 190 Å². The van der Waals surface area contributed by atoms with Gasteiger partial charge in [0, 0.05) is 57.2 Å². The molecule has 0 spiro atoms. The molecule has 15 heteroatoms. The molecule has 0 aliphatic carbocycles. The van der Waals surface area contributed by atoms with Gasteiger partial charge in [-0.05, 0) is 36.2 Å². The summed E-state index contributed by atoms with van der Waals surface area (Å²) in [6.07, 6.45) is 1.85. The number of aliphatic hydroxyl groups excluding tert-OH is 2. The SMILES string of the molecule is CS(=O)(=O)c1ccc(CCNc2cc(-c3cccc(Cl)c3CO)nc(N)n2)cc1.Nc1nc(Cl)cc(-c2cccc(Cl)c2CO)n1. The molecule has 0 saturated carbocycles. The second-order valence-electron chi connectivity index (χ2n) is 9.87. The van der Waals surface area contributed by atoms with Gasteiger partial charge in [-0.1, -0.05) is 71.2 Å². The minimum atomic E-state index is -3.20. The standard InChI is InChI=1S/C20H21ClN4O3S.C11H9Cl2N3O/c1-29(27,28)14-7-5-13(6-8-14)9-10-23-19-11-18(24-20(22)25-19)15-3-2-4-17(21)16(15)12-26;12-8-3-1-2-6(7(8)5-17)9-4-10(13)16-11(14)15-9/h2-8,11,26H,9-10,12H2,1H3,(H3,22,23,24,25);1-4,17H,5H2,(H2,14,15,16). The summed E-state index contributed by atoms with van der Waals surface area (Å²) in [5.74, 6) is 0.729. The highest BCUT2D eigenvalue weighted by Gasteiger charge is 2.13. The van der Waals surface area contributed by atoms with Crippen molar-refractivity contribution in [2.75, 3.05) is 29.6 Å². The van der Waals surface area contributed by atoms with Crippen LogP contribution in [0.4, 0.5) is 17.7 Å². The molecule has 7 N–H and O–H groups in total. The van der Waals surface area contributed by atoms with E-state index in [1.165, 1.54) is 6.26 Å². The third kappa shape index (κ3) is 9.03. The molecule has 3 aromatic carbocycles. The van der Waals surface area contributed by atoms with Crippen molar-refractivity contribution < 1.29 is 18.6 Å². The lowest BCUT2D eigenvalue weighted by Crippen LogP contribution is -2.09. The number of sulfone groups is 1. The Morgan fingerprint density at radius 3 is 1.76 bits per heavy atom. The molecule has 0 atom stereocenters. The lowest BCUT2D eigenvalue weighted by molar-refractivity contribution is 0.282. The number of nitrogens with zero attached hydrogens (tertiary/aromatic N) is 4. The molecule has 0 radical (unpaired) electrons. The van der Waals surface area contributed by atoms with Crippen LogP contribution in [0.5, 0.6) is 0 Å². The molecule has 0 fully saturated rings. The fourth-order valence-corrected chi connectivity index (χ4v) is 5.71. The Bertz CT molecular complexity index is 1930. The third-order valence-corrected chi connectivity index (χ3v) is 8.66. The molecule has 2 heterocycles. The van der Waals surface area contributed by atoms with E-state index in [1.807, 2.05) is 6.07 Å². The first kappa shape index (κ1) is 34.8. The Morgan fingerprint density at radius 2 is 1.26 bits per heavy atom. The van der Waals surface area contributed by atoms with Crippen LogP contribution in [-0.2, 0) is 29.5 Å². The summed E-state index contributed by atoms with van der Waals surface area (Å²) in [6.45, 7) is 0.165. The zero-order valence-corrected chi connectivity index (χ0v) is 27.5. The van der Waals surface area contributed by atoms with Crippen LogP contribution in [-0.4, -0.2) is 51.4 Å². The molecular weight excluding hydrogens is 673 g/mol. The van der Waals surface area contributed by atoms with Crippen molar-refractivity contribution in [1.29, 1.82) is 0 Å². The number of anilines is 3. The van der Waals surface area contributed by atoms with E-state index in [-0.39, 0.29) is 30.3 Å². The van der Waals surface area contributed by atoms with Gasteiger partial charge >= 0.3 is 0 Å². The number of hydrogen-bond acceptors (Lipinski definition) is 11. The van der Waals surface area contributed by atoms with Crippen molar-refractivity contribution >= 4 is 62.4 Å². The zero-order chi connectivity index (χ0) is 33.4. The third-order valence-electron chi connectivity index (χ3n) is 6.63. The normalized spacial score (nSPS) is 11.1. The van der Waals surface area contributed by atoms with Crippen LogP contribution in [0.15, 0.2) is 77.7 Å². The molecule has 5 rings (SSSR count). The van der Waals surface area contributed by atoms with Crippen LogP contribution in [0.25, 0.3) is 22.5 Å². The van der Waals surface area contributed by atoms with E-state index in [2.05, 4.69) is 25.3 Å². The number of hydrogen-bond donors (Lipinski definition) is 5. The molecule has 5 aromatic rings. The summed E-state index contributed by atoms with van der Waals surface area (Å²) < 4.78 is 23.1. The van der Waals surface area contributed by atoms with Gasteiger partial charge in [0.2, 0.25) is 11.9 Å². The Labute approximate surface area is 281 Å². The number of benzene rings is 3. The van der Waals surface area contributed by atoms with Gasteiger partial charge < -0.3 is 27.0 Å². The largest absolute Gasteiger partial charge is 0.392 e. The van der Waals surface area contributed by atoms with Crippen LogP contribution in [0, 0.1) is 0 Å². The van der Waals surface area contributed by atoms with Crippen molar-refractivity contribution in [3.63, 3.8) is 0 Å². The second-order valence-corrected chi connectivity index (χ2v) is 13.1. The molecule has 0 aliphatic rings. The van der Waals surface area contributed by atoms with E-state index in [0.29, 0.717) is 67.4 Å². The Kier molecular flexibility index (Phi) is 11.7. The number of nitrogens with one attached hydrogen (secondary N) is 1. The first-order valence-electron chi connectivity index (χ1n) is 13.6. The van der Waals surface area contributed by atoms with Crippen molar-refractivity contribution in [1.82, 2.24) is 19.9 Å². The van der Waals surface area contributed by atoms with Gasteiger partial charge in [0.05, 0.1) is 29.5 Å². The van der Waals surface area contributed by atoms with E-state index in [4.69, 9.17) is 46.3 Å². The average Bonchev–Trinajstić information content (AvgIpc) is 3.00. The molecule has 11 nitrogen and oxygen atoms in total. The summed E-state index contributed by atoms with van der Waals surface area (Å²) in [4.78, 5) is 16.6. The Morgan fingerprint density at radius 1 is 0.739 bits per heavy atom. The van der Waals surface area contributed by atoms with Crippen LogP contribution >= 0.6 is 34.8 Å². The highest BCUT2D eigenvalue weighted by Crippen LogP contribution is 2.30. The van der Waals surface area contributed by atoms with E-state index in [9.17, 15) is 18.6 Å². The number of halogens is 3. The first-order valence-corrected chi connectivity index (χ1v) is 16.7. The molecule has 0 unspecified atom stereocenters. The summed E-state index contributed by atoms with van der Waals surface area (Å²) in [6, 6.07) is 20.6. The lowest BCUT2D eigenvalue weighted by atomic mass is 10.0. The van der Waals surface area contributed by atoms with Crippen LogP contribution in [0.3, 0.4) is 0 Å². The quantitative estimate of drug-likeness (QED) is 0.123. The minimum absolute atomic E-state index is 0.0800. The predicted molar refractivity (Wildman–Crippen MR) is 182 cm³/mol. The van der Waals surface area contributed by atoms with E-state index in [0.717, 1.165) is 5.56 Å². The van der Waals surface area contributed by atoms with Crippen molar-refractivity contribution in [2.45, 2.75) is 24.5 Å². The number of nitrogen functional groups attached to an aromatic ring is 2. The van der Waals surface area contributed by atoms with Crippen LogP contribution in [0.2, 0.25) is 15.2 Å². The van der Waals surface area contributed by atoms with Gasteiger partial charge in [0.15, 0.2) is 9.84 Å². The summed E-state index contributed by atoms with van der Waals surface area (Å²) >= 11 is 18.0. The number of aromatic nitrogens is 4. The Hall–Kier alpha value is -4.04. The van der Waals surface area contributed by atoms with E-state index < -0.39 is 9.84 Å². The maximum absolute atomic E-state index is 11.5. The number of aliphatic hydroxyl groups is 2. The van der Waals surface area contributed by atoms with Gasteiger partial charge in [-0.3, -0.25) is 0 Å². The molecule has 0 aliphatic heterocycles. The smallest absolute Gasteiger partial charge is 0.222 e. The highest BCUT2D eigenvalue weighted by molar-refractivity contribution is 7.90. The summed E-state index contributed by atoms with van der Waals surface area (Å²) in [5, 5.41) is 23.3. The van der Waals surface area contributed by atoms with Gasteiger partial charge in [-0.25, -0.2) is 23.4 Å². The fraction of sp³-hybridized carbons (Fsp3) is 0.161. The average molecular weight is 703 g/mol. The van der Waals surface area contributed by atoms with E-state index >= 15 is 0 Å². The second kappa shape index (κ2) is 15.5.